The Hall–Kier alpha value is -1.28. The number of aryl methyl sites for hydroxylation is 1. The Kier molecular flexibility index (Phi) is 2.89. The van der Waals surface area contributed by atoms with Crippen LogP contribution in [0.1, 0.15) is 24.0 Å². The van der Waals surface area contributed by atoms with Crippen LogP contribution in [0.2, 0.25) is 0 Å². The summed E-state index contributed by atoms with van der Waals surface area (Å²) in [6, 6.07) is 6.61. The first-order valence-corrected chi connectivity index (χ1v) is 6.60. The molecule has 2 heteroatoms. The Morgan fingerprint density at radius 3 is 3.06 bits per heavy atom. The van der Waals surface area contributed by atoms with Crippen molar-refractivity contribution in [3.8, 4) is 0 Å². The van der Waals surface area contributed by atoms with E-state index in [4.69, 9.17) is 0 Å². The molecule has 1 aromatic heterocycles. The van der Waals surface area contributed by atoms with Crippen molar-refractivity contribution >= 4 is 10.9 Å². The maximum absolute atomic E-state index is 3.55. The van der Waals surface area contributed by atoms with Gasteiger partial charge in [0.05, 0.1) is 0 Å². The molecule has 1 fully saturated rings. The molecule has 1 aliphatic carbocycles. The monoisotopic (exact) mass is 228 g/mol. The quantitative estimate of drug-likeness (QED) is 0.756. The first-order valence-electron chi connectivity index (χ1n) is 6.60. The van der Waals surface area contributed by atoms with Gasteiger partial charge in [-0.2, -0.15) is 0 Å². The Morgan fingerprint density at radius 1 is 1.35 bits per heavy atom. The number of nitrogens with one attached hydrogen (secondary N) is 2. The summed E-state index contributed by atoms with van der Waals surface area (Å²) >= 11 is 0. The molecule has 0 saturated heterocycles. The number of aromatic amines is 1. The van der Waals surface area contributed by atoms with Crippen LogP contribution in [0.3, 0.4) is 0 Å². The van der Waals surface area contributed by atoms with E-state index in [2.05, 4.69) is 41.6 Å². The molecule has 0 spiro atoms. The summed E-state index contributed by atoms with van der Waals surface area (Å²) in [5.41, 5.74) is 4.03. The Morgan fingerprint density at radius 2 is 2.24 bits per heavy atom. The van der Waals surface area contributed by atoms with Crippen LogP contribution >= 0.6 is 0 Å². The van der Waals surface area contributed by atoms with Crippen molar-refractivity contribution in [2.24, 2.45) is 5.92 Å². The van der Waals surface area contributed by atoms with Gasteiger partial charge in [-0.05, 0) is 62.9 Å². The number of H-pyrrole nitrogens is 1. The highest BCUT2D eigenvalue weighted by Gasteiger charge is 2.19. The standard InChI is InChI=1S/C15H20N2/c1-11-2-5-15-14(8-11)13(10-17-15)6-7-16-9-12-3-4-12/h2,5,8,10,12,16-17H,3-4,6-7,9H2,1H3. The fourth-order valence-corrected chi connectivity index (χ4v) is 2.35. The predicted molar refractivity (Wildman–Crippen MR) is 72.3 cm³/mol. The maximum Gasteiger partial charge on any atom is 0.0456 e. The molecule has 90 valence electrons. The van der Waals surface area contributed by atoms with Gasteiger partial charge in [0.15, 0.2) is 0 Å². The van der Waals surface area contributed by atoms with Gasteiger partial charge in [0.1, 0.15) is 0 Å². The minimum atomic E-state index is 0.972. The number of hydrogen-bond acceptors (Lipinski definition) is 1. The highest BCUT2D eigenvalue weighted by molar-refractivity contribution is 5.83. The van der Waals surface area contributed by atoms with Crippen LogP contribution in [-0.2, 0) is 6.42 Å². The molecule has 0 amide bonds. The first kappa shape index (κ1) is 10.8. The molecule has 0 unspecified atom stereocenters. The molecule has 1 aromatic carbocycles. The van der Waals surface area contributed by atoms with Gasteiger partial charge < -0.3 is 10.3 Å². The second kappa shape index (κ2) is 4.53. The highest BCUT2D eigenvalue weighted by atomic mass is 14.9. The molecule has 0 aliphatic heterocycles. The zero-order chi connectivity index (χ0) is 11.7. The van der Waals surface area contributed by atoms with Crippen LogP contribution in [0.15, 0.2) is 24.4 Å². The Bertz CT molecular complexity index is 509. The smallest absolute Gasteiger partial charge is 0.0456 e. The summed E-state index contributed by atoms with van der Waals surface area (Å²) in [6.45, 7) is 4.46. The van der Waals surface area contributed by atoms with Crippen molar-refractivity contribution in [2.75, 3.05) is 13.1 Å². The molecule has 1 aliphatic rings. The van der Waals surface area contributed by atoms with Gasteiger partial charge >= 0.3 is 0 Å². The molecule has 2 nitrogen and oxygen atoms in total. The van der Waals surface area contributed by atoms with E-state index in [1.165, 1.54) is 41.4 Å². The lowest BCUT2D eigenvalue weighted by atomic mass is 10.1. The fourth-order valence-electron chi connectivity index (χ4n) is 2.35. The third-order valence-electron chi connectivity index (χ3n) is 3.62. The highest BCUT2D eigenvalue weighted by Crippen LogP contribution is 2.27. The van der Waals surface area contributed by atoms with Crippen molar-refractivity contribution < 1.29 is 0 Å². The predicted octanol–water partition coefficient (Wildman–Crippen LogP) is 3.02. The maximum atomic E-state index is 3.55. The first-order chi connectivity index (χ1) is 8.33. The lowest BCUT2D eigenvalue weighted by molar-refractivity contribution is 0.638. The lowest BCUT2D eigenvalue weighted by Crippen LogP contribution is -2.19. The van der Waals surface area contributed by atoms with E-state index in [9.17, 15) is 0 Å². The molecule has 0 radical (unpaired) electrons. The summed E-state index contributed by atoms with van der Waals surface area (Å²) in [5.74, 6) is 0.972. The molecular formula is C15H20N2. The van der Waals surface area contributed by atoms with E-state index in [1.54, 1.807) is 0 Å². The minimum Gasteiger partial charge on any atom is -0.361 e. The zero-order valence-electron chi connectivity index (χ0n) is 10.4. The van der Waals surface area contributed by atoms with E-state index in [0.717, 1.165) is 18.9 Å². The van der Waals surface area contributed by atoms with Gasteiger partial charge in [-0.1, -0.05) is 11.6 Å². The van der Waals surface area contributed by atoms with Gasteiger partial charge in [-0.15, -0.1) is 0 Å². The molecule has 1 heterocycles. The van der Waals surface area contributed by atoms with Crippen LogP contribution in [0, 0.1) is 12.8 Å². The summed E-state index contributed by atoms with van der Waals surface area (Å²) in [5, 5.41) is 4.94. The van der Waals surface area contributed by atoms with E-state index in [-0.39, 0.29) is 0 Å². The van der Waals surface area contributed by atoms with Crippen molar-refractivity contribution in [1.82, 2.24) is 10.3 Å². The molecule has 17 heavy (non-hydrogen) atoms. The van der Waals surface area contributed by atoms with Crippen LogP contribution in [-0.4, -0.2) is 18.1 Å². The zero-order valence-corrected chi connectivity index (χ0v) is 10.4. The molecule has 0 atom stereocenters. The molecule has 1 saturated carbocycles. The second-order valence-electron chi connectivity index (χ2n) is 5.26. The van der Waals surface area contributed by atoms with Crippen LogP contribution in [0.25, 0.3) is 10.9 Å². The van der Waals surface area contributed by atoms with Crippen molar-refractivity contribution in [3.05, 3.63) is 35.5 Å². The van der Waals surface area contributed by atoms with Gasteiger partial charge in [0.2, 0.25) is 0 Å². The second-order valence-corrected chi connectivity index (χ2v) is 5.26. The van der Waals surface area contributed by atoms with Crippen LogP contribution in [0.4, 0.5) is 0 Å². The molecule has 2 aromatic rings. The number of aromatic nitrogens is 1. The van der Waals surface area contributed by atoms with Crippen LogP contribution in [0.5, 0.6) is 0 Å². The van der Waals surface area contributed by atoms with Crippen molar-refractivity contribution in [1.29, 1.82) is 0 Å². The summed E-state index contributed by atoms with van der Waals surface area (Å²) < 4.78 is 0. The largest absolute Gasteiger partial charge is 0.361 e. The Balaban J connectivity index is 1.64. The van der Waals surface area contributed by atoms with Crippen LogP contribution < -0.4 is 5.32 Å². The number of rotatable bonds is 5. The minimum absolute atomic E-state index is 0.972. The summed E-state index contributed by atoms with van der Waals surface area (Å²) in [6.07, 6.45) is 6.14. The average molecular weight is 228 g/mol. The topological polar surface area (TPSA) is 27.8 Å². The number of fused-ring (bicyclic) bond motifs is 1. The van der Waals surface area contributed by atoms with Crippen molar-refractivity contribution in [3.63, 3.8) is 0 Å². The number of benzene rings is 1. The van der Waals surface area contributed by atoms with Gasteiger partial charge in [0.25, 0.3) is 0 Å². The van der Waals surface area contributed by atoms with E-state index >= 15 is 0 Å². The fraction of sp³-hybridized carbons (Fsp3) is 0.467. The van der Waals surface area contributed by atoms with E-state index < -0.39 is 0 Å². The lowest BCUT2D eigenvalue weighted by Gasteiger charge is -2.03. The Labute approximate surface area is 102 Å². The average Bonchev–Trinajstić information content (AvgIpc) is 3.07. The summed E-state index contributed by atoms with van der Waals surface area (Å²) in [7, 11) is 0. The van der Waals surface area contributed by atoms with Crippen molar-refractivity contribution in [2.45, 2.75) is 26.2 Å². The SMILES string of the molecule is Cc1ccc2[nH]cc(CCNCC3CC3)c2c1. The third kappa shape index (κ3) is 2.52. The van der Waals surface area contributed by atoms with E-state index in [0.29, 0.717) is 0 Å². The molecule has 2 N–H and O–H groups in total. The molecule has 3 rings (SSSR count). The number of hydrogen-bond donors (Lipinski definition) is 2. The third-order valence-corrected chi connectivity index (χ3v) is 3.62. The van der Waals surface area contributed by atoms with E-state index in [1.807, 2.05) is 0 Å². The normalized spacial score (nSPS) is 15.6. The van der Waals surface area contributed by atoms with Gasteiger partial charge in [0, 0.05) is 17.1 Å². The molecule has 0 bridgehead atoms. The summed E-state index contributed by atoms with van der Waals surface area (Å²) in [4.78, 5) is 3.35. The van der Waals surface area contributed by atoms with Gasteiger partial charge in [-0.3, -0.25) is 0 Å². The molecular weight excluding hydrogens is 208 g/mol. The van der Waals surface area contributed by atoms with Gasteiger partial charge in [-0.25, -0.2) is 0 Å².